The lowest BCUT2D eigenvalue weighted by molar-refractivity contribution is -0.274. The molecule has 1 aromatic carbocycles. The number of nitrogens with zero attached hydrogens (tertiary/aromatic N) is 1. The Morgan fingerprint density at radius 1 is 1.35 bits per heavy atom. The van der Waals surface area contributed by atoms with Crippen LogP contribution in [-0.2, 0) is 0 Å². The summed E-state index contributed by atoms with van der Waals surface area (Å²) < 4.78 is 40.8. The van der Waals surface area contributed by atoms with E-state index in [1.165, 1.54) is 12.1 Å². The molecule has 0 aromatic heterocycles. The molecule has 20 heavy (non-hydrogen) atoms. The molecule has 6 heteroatoms. The Hall–Kier alpha value is -0.940. The number of halogens is 4. The first-order chi connectivity index (χ1) is 9.24. The molecule has 0 spiro atoms. The molecule has 0 bridgehead atoms. The maximum absolute atomic E-state index is 12.3. The van der Waals surface area contributed by atoms with E-state index in [1.807, 2.05) is 6.92 Å². The maximum Gasteiger partial charge on any atom is 0.573 e. The van der Waals surface area contributed by atoms with Gasteiger partial charge in [0, 0.05) is 17.6 Å². The summed E-state index contributed by atoms with van der Waals surface area (Å²) in [5, 5.41) is 0.251. The molecule has 0 saturated carbocycles. The Morgan fingerprint density at radius 3 is 2.60 bits per heavy atom. The minimum atomic E-state index is -4.70. The highest BCUT2D eigenvalue weighted by atomic mass is 35.5. The van der Waals surface area contributed by atoms with Crippen molar-refractivity contribution >= 4 is 11.6 Å². The monoisotopic (exact) mass is 307 g/mol. The van der Waals surface area contributed by atoms with Crippen molar-refractivity contribution in [2.75, 3.05) is 13.1 Å². The highest BCUT2D eigenvalue weighted by Gasteiger charge is 2.32. The lowest BCUT2D eigenvalue weighted by Crippen LogP contribution is -2.24. The number of hydrogen-bond donors (Lipinski definition) is 0. The highest BCUT2D eigenvalue weighted by molar-refractivity contribution is 6.30. The molecular weight excluding hydrogens is 291 g/mol. The van der Waals surface area contributed by atoms with Crippen molar-refractivity contribution in [3.05, 3.63) is 28.8 Å². The molecule has 1 aliphatic rings. The smallest absolute Gasteiger partial charge is 0.406 e. The molecule has 2 atom stereocenters. The third kappa shape index (κ3) is 4.03. The number of rotatable bonds is 3. The van der Waals surface area contributed by atoms with Crippen molar-refractivity contribution in [2.45, 2.75) is 32.7 Å². The predicted octanol–water partition coefficient (Wildman–Crippen LogP) is 4.64. The van der Waals surface area contributed by atoms with E-state index in [-0.39, 0.29) is 16.8 Å². The molecule has 2 rings (SSSR count). The van der Waals surface area contributed by atoms with Gasteiger partial charge in [0.05, 0.1) is 0 Å². The van der Waals surface area contributed by atoms with Crippen LogP contribution in [0.4, 0.5) is 13.2 Å². The standard InChI is InChI=1S/C14H17ClF3NO/c1-9-3-4-19(8-9)10(2)11-5-12(15)7-13(6-11)20-14(16,17)18/h5-7,9-10H,3-4,8H2,1-2H3/t9-,10-/m1/s1. The largest absolute Gasteiger partial charge is 0.573 e. The summed E-state index contributed by atoms with van der Waals surface area (Å²) in [5.41, 5.74) is 0.742. The summed E-state index contributed by atoms with van der Waals surface area (Å²) >= 11 is 5.89. The Morgan fingerprint density at radius 2 is 2.05 bits per heavy atom. The van der Waals surface area contributed by atoms with Crippen LogP contribution in [0.1, 0.15) is 31.9 Å². The average molecular weight is 308 g/mol. The van der Waals surface area contributed by atoms with E-state index < -0.39 is 6.36 Å². The minimum Gasteiger partial charge on any atom is -0.406 e. The van der Waals surface area contributed by atoms with Crippen LogP contribution in [0.5, 0.6) is 5.75 Å². The van der Waals surface area contributed by atoms with Crippen LogP contribution in [-0.4, -0.2) is 24.4 Å². The van der Waals surface area contributed by atoms with Crippen molar-refractivity contribution in [1.29, 1.82) is 0 Å². The Balaban J connectivity index is 2.19. The van der Waals surface area contributed by atoms with Crippen LogP contribution in [0.3, 0.4) is 0 Å². The predicted molar refractivity (Wildman–Crippen MR) is 71.9 cm³/mol. The summed E-state index contributed by atoms with van der Waals surface area (Å²) in [6, 6.07) is 4.30. The van der Waals surface area contributed by atoms with Crippen molar-refractivity contribution in [3.8, 4) is 5.75 Å². The lowest BCUT2D eigenvalue weighted by atomic mass is 10.1. The van der Waals surface area contributed by atoms with E-state index in [1.54, 1.807) is 6.07 Å². The molecule has 0 N–H and O–H groups in total. The Labute approximate surface area is 121 Å². The van der Waals surface area contributed by atoms with Crippen LogP contribution in [0.25, 0.3) is 0 Å². The van der Waals surface area contributed by atoms with Gasteiger partial charge in [0.15, 0.2) is 0 Å². The van der Waals surface area contributed by atoms with Gasteiger partial charge in [-0.15, -0.1) is 13.2 Å². The zero-order chi connectivity index (χ0) is 14.9. The summed E-state index contributed by atoms with van der Waals surface area (Å²) in [7, 11) is 0. The van der Waals surface area contributed by atoms with E-state index in [9.17, 15) is 13.2 Å². The number of ether oxygens (including phenoxy) is 1. The van der Waals surface area contributed by atoms with Gasteiger partial charge in [-0.3, -0.25) is 4.90 Å². The number of alkyl halides is 3. The molecule has 1 aromatic rings. The van der Waals surface area contributed by atoms with E-state index >= 15 is 0 Å². The SMILES string of the molecule is C[C@@H]1CCN([C@H](C)c2cc(Cl)cc(OC(F)(F)F)c2)C1. The van der Waals surface area contributed by atoms with Gasteiger partial charge in [0.2, 0.25) is 0 Å². The summed E-state index contributed by atoms with van der Waals surface area (Å²) in [5.74, 6) is 0.349. The molecule has 0 amide bonds. The molecule has 1 aliphatic heterocycles. The van der Waals surface area contributed by atoms with Crippen molar-refractivity contribution in [3.63, 3.8) is 0 Å². The third-order valence-corrected chi connectivity index (χ3v) is 3.83. The number of hydrogen-bond acceptors (Lipinski definition) is 2. The first kappa shape index (κ1) is 15.4. The number of benzene rings is 1. The molecule has 2 nitrogen and oxygen atoms in total. The van der Waals surface area contributed by atoms with Crippen molar-refractivity contribution in [2.24, 2.45) is 5.92 Å². The van der Waals surface area contributed by atoms with Crippen LogP contribution in [0, 0.1) is 5.92 Å². The van der Waals surface area contributed by atoms with E-state index in [4.69, 9.17) is 11.6 Å². The van der Waals surface area contributed by atoms with Crippen molar-refractivity contribution in [1.82, 2.24) is 4.90 Å². The molecular formula is C14H17ClF3NO. The second-order valence-electron chi connectivity index (χ2n) is 5.33. The van der Waals surface area contributed by atoms with Gasteiger partial charge in [0.1, 0.15) is 5.75 Å². The van der Waals surface area contributed by atoms with Crippen LogP contribution in [0.2, 0.25) is 5.02 Å². The third-order valence-electron chi connectivity index (χ3n) is 3.61. The highest BCUT2D eigenvalue weighted by Crippen LogP contribution is 2.33. The average Bonchev–Trinajstić information content (AvgIpc) is 2.71. The second-order valence-corrected chi connectivity index (χ2v) is 5.77. The summed E-state index contributed by atoms with van der Waals surface area (Å²) in [6.45, 7) is 6.04. The van der Waals surface area contributed by atoms with E-state index in [0.29, 0.717) is 5.92 Å². The maximum atomic E-state index is 12.3. The topological polar surface area (TPSA) is 12.5 Å². The number of likely N-dealkylation sites (tertiary alicyclic amines) is 1. The van der Waals surface area contributed by atoms with Gasteiger partial charge in [0.25, 0.3) is 0 Å². The van der Waals surface area contributed by atoms with Crippen LogP contribution < -0.4 is 4.74 Å². The summed E-state index contributed by atoms with van der Waals surface area (Å²) in [6.07, 6.45) is -3.59. The normalized spacial score (nSPS) is 22.0. The lowest BCUT2D eigenvalue weighted by Gasteiger charge is -2.25. The molecule has 0 aliphatic carbocycles. The van der Waals surface area contributed by atoms with Crippen LogP contribution >= 0.6 is 11.6 Å². The zero-order valence-electron chi connectivity index (χ0n) is 11.4. The van der Waals surface area contributed by atoms with Gasteiger partial charge >= 0.3 is 6.36 Å². The first-order valence-corrected chi connectivity index (χ1v) is 6.92. The Kier molecular flexibility index (Phi) is 4.49. The van der Waals surface area contributed by atoms with Gasteiger partial charge in [-0.25, -0.2) is 0 Å². The molecule has 1 saturated heterocycles. The van der Waals surface area contributed by atoms with Gasteiger partial charge in [-0.05, 0) is 49.6 Å². The molecule has 1 fully saturated rings. The molecule has 112 valence electrons. The Bertz CT molecular complexity index is 478. The minimum absolute atomic E-state index is 0.0224. The van der Waals surface area contributed by atoms with E-state index in [0.717, 1.165) is 25.1 Å². The summed E-state index contributed by atoms with van der Waals surface area (Å²) in [4.78, 5) is 2.24. The van der Waals surface area contributed by atoms with Gasteiger partial charge < -0.3 is 4.74 Å². The fourth-order valence-corrected chi connectivity index (χ4v) is 2.78. The fraction of sp³-hybridized carbons (Fsp3) is 0.571. The first-order valence-electron chi connectivity index (χ1n) is 6.55. The second kappa shape index (κ2) is 5.82. The molecule has 0 radical (unpaired) electrons. The quantitative estimate of drug-likeness (QED) is 0.806. The zero-order valence-corrected chi connectivity index (χ0v) is 12.1. The van der Waals surface area contributed by atoms with Crippen molar-refractivity contribution < 1.29 is 17.9 Å². The van der Waals surface area contributed by atoms with E-state index in [2.05, 4.69) is 16.6 Å². The fourth-order valence-electron chi connectivity index (χ4n) is 2.55. The van der Waals surface area contributed by atoms with Crippen LogP contribution in [0.15, 0.2) is 18.2 Å². The molecule has 1 heterocycles. The van der Waals surface area contributed by atoms with Gasteiger partial charge in [-0.2, -0.15) is 0 Å². The molecule has 0 unspecified atom stereocenters. The van der Waals surface area contributed by atoms with Gasteiger partial charge in [-0.1, -0.05) is 18.5 Å².